The number of aliphatic carboxylic acids is 1. The van der Waals surface area contributed by atoms with E-state index in [2.05, 4.69) is 18.7 Å². The Hall–Kier alpha value is -0.610. The summed E-state index contributed by atoms with van der Waals surface area (Å²) in [5.74, 6) is -1.29. The molecule has 1 atom stereocenters. The highest BCUT2D eigenvalue weighted by molar-refractivity contribution is 5.70. The van der Waals surface area contributed by atoms with Gasteiger partial charge in [0.1, 0.15) is 0 Å². The van der Waals surface area contributed by atoms with Crippen molar-refractivity contribution in [1.29, 1.82) is 0 Å². The smallest absolute Gasteiger partial charge is 0.309 e. The lowest BCUT2D eigenvalue weighted by atomic mass is 9.84. The van der Waals surface area contributed by atoms with Gasteiger partial charge in [-0.3, -0.25) is 4.79 Å². The van der Waals surface area contributed by atoms with Gasteiger partial charge in [0.25, 0.3) is 0 Å². The van der Waals surface area contributed by atoms with Crippen LogP contribution >= 0.6 is 0 Å². The fourth-order valence-electron chi connectivity index (χ4n) is 2.27. The Labute approximate surface area is 90.9 Å². The van der Waals surface area contributed by atoms with Gasteiger partial charge in [-0.15, -0.1) is 0 Å². The van der Waals surface area contributed by atoms with E-state index >= 15 is 0 Å². The average Bonchev–Trinajstić information content (AvgIpc) is 2.19. The minimum absolute atomic E-state index is 0.141. The molecular weight excluding hydrogens is 194 g/mol. The summed E-state index contributed by atoms with van der Waals surface area (Å²) in [6.07, 6.45) is 1.77. The average molecular weight is 215 g/mol. The Morgan fingerprint density at radius 3 is 2.27 bits per heavy atom. The number of nitrogens with zero attached hydrogens (tertiary/aromatic N) is 1. The summed E-state index contributed by atoms with van der Waals surface area (Å²) in [7, 11) is 0. The molecule has 0 aliphatic carbocycles. The largest absolute Gasteiger partial charge is 0.481 e. The summed E-state index contributed by atoms with van der Waals surface area (Å²) in [6, 6.07) is 0.531. The van der Waals surface area contributed by atoms with E-state index < -0.39 is 11.9 Å². The van der Waals surface area contributed by atoms with E-state index in [4.69, 9.17) is 10.2 Å². The topological polar surface area (TPSA) is 60.8 Å². The summed E-state index contributed by atoms with van der Waals surface area (Å²) in [5, 5.41) is 18.0. The van der Waals surface area contributed by atoms with Crippen molar-refractivity contribution in [2.75, 3.05) is 19.7 Å². The predicted molar refractivity (Wildman–Crippen MR) is 57.6 cm³/mol. The maximum absolute atomic E-state index is 10.9. The summed E-state index contributed by atoms with van der Waals surface area (Å²) >= 11 is 0. The van der Waals surface area contributed by atoms with Crippen LogP contribution in [0.1, 0.15) is 26.7 Å². The minimum Gasteiger partial charge on any atom is -0.481 e. The van der Waals surface area contributed by atoms with Crippen molar-refractivity contribution >= 4 is 5.97 Å². The number of likely N-dealkylation sites (tertiary alicyclic amines) is 1. The third-order valence-corrected chi connectivity index (χ3v) is 3.39. The second kappa shape index (κ2) is 5.47. The van der Waals surface area contributed by atoms with Crippen LogP contribution in [0.2, 0.25) is 0 Å². The monoisotopic (exact) mass is 215 g/mol. The molecule has 0 radical (unpaired) electrons. The zero-order chi connectivity index (χ0) is 11.4. The molecule has 4 nitrogen and oxygen atoms in total. The van der Waals surface area contributed by atoms with Gasteiger partial charge in [0.15, 0.2) is 0 Å². The van der Waals surface area contributed by atoms with Gasteiger partial charge in [0, 0.05) is 6.04 Å². The number of aliphatic hydroxyl groups is 1. The summed E-state index contributed by atoms with van der Waals surface area (Å²) in [4.78, 5) is 13.2. The molecule has 1 aliphatic rings. The van der Waals surface area contributed by atoms with Crippen molar-refractivity contribution in [3.63, 3.8) is 0 Å². The molecular formula is C11H21NO3. The predicted octanol–water partition coefficient (Wildman–Crippen LogP) is 0.800. The van der Waals surface area contributed by atoms with Crippen molar-refractivity contribution in [3.8, 4) is 0 Å². The van der Waals surface area contributed by atoms with E-state index in [1.165, 1.54) is 0 Å². The number of carboxylic acid groups (broad SMARTS) is 1. The number of rotatable bonds is 4. The number of carboxylic acids is 1. The third-order valence-electron chi connectivity index (χ3n) is 3.39. The SMILES string of the molecule is CC(C)N1CCC(C(CO)C(=O)O)CC1. The molecule has 2 N–H and O–H groups in total. The Balaban J connectivity index is 2.45. The zero-order valence-electron chi connectivity index (χ0n) is 9.52. The molecule has 4 heteroatoms. The molecule has 1 unspecified atom stereocenters. The third kappa shape index (κ3) is 3.18. The van der Waals surface area contributed by atoms with Gasteiger partial charge in [0.2, 0.25) is 0 Å². The maximum atomic E-state index is 10.9. The molecule has 0 aromatic heterocycles. The van der Waals surface area contributed by atoms with Crippen LogP contribution in [0.25, 0.3) is 0 Å². The fraction of sp³-hybridized carbons (Fsp3) is 0.909. The van der Waals surface area contributed by atoms with Gasteiger partial charge in [0.05, 0.1) is 12.5 Å². The molecule has 1 fully saturated rings. The Kier molecular flexibility index (Phi) is 4.54. The highest BCUT2D eigenvalue weighted by Crippen LogP contribution is 2.26. The normalized spacial score (nSPS) is 21.9. The van der Waals surface area contributed by atoms with Crippen LogP contribution in [0.3, 0.4) is 0 Å². The van der Waals surface area contributed by atoms with E-state index in [0.717, 1.165) is 25.9 Å². The maximum Gasteiger partial charge on any atom is 0.309 e. The first kappa shape index (κ1) is 12.5. The van der Waals surface area contributed by atoms with Crippen molar-refractivity contribution in [2.24, 2.45) is 11.8 Å². The van der Waals surface area contributed by atoms with Crippen LogP contribution in [-0.4, -0.2) is 46.8 Å². The van der Waals surface area contributed by atoms with Gasteiger partial charge in [-0.2, -0.15) is 0 Å². The Morgan fingerprint density at radius 2 is 1.93 bits per heavy atom. The number of hydrogen-bond donors (Lipinski definition) is 2. The molecule has 1 aliphatic heterocycles. The number of hydrogen-bond acceptors (Lipinski definition) is 3. The van der Waals surface area contributed by atoms with Crippen LogP contribution < -0.4 is 0 Å². The first-order chi connectivity index (χ1) is 7.06. The van der Waals surface area contributed by atoms with Gasteiger partial charge in [-0.05, 0) is 45.7 Å². The van der Waals surface area contributed by atoms with Gasteiger partial charge >= 0.3 is 5.97 Å². The van der Waals surface area contributed by atoms with Crippen LogP contribution in [0, 0.1) is 11.8 Å². The summed E-state index contributed by atoms with van der Waals surface area (Å²) in [6.45, 7) is 5.97. The molecule has 0 amide bonds. The summed E-state index contributed by atoms with van der Waals surface area (Å²) in [5.41, 5.74) is 0. The van der Waals surface area contributed by atoms with E-state index in [1.807, 2.05) is 0 Å². The molecule has 0 bridgehead atoms. The van der Waals surface area contributed by atoms with E-state index in [0.29, 0.717) is 6.04 Å². The molecule has 0 aromatic carbocycles. The van der Waals surface area contributed by atoms with Crippen LogP contribution in [0.5, 0.6) is 0 Å². The Bertz CT molecular complexity index is 210. The standard InChI is InChI=1S/C11H21NO3/c1-8(2)12-5-3-9(4-6-12)10(7-13)11(14)15/h8-10,13H,3-7H2,1-2H3,(H,14,15). The highest BCUT2D eigenvalue weighted by atomic mass is 16.4. The molecule has 0 spiro atoms. The van der Waals surface area contributed by atoms with Crippen LogP contribution in [0.15, 0.2) is 0 Å². The quantitative estimate of drug-likeness (QED) is 0.728. The van der Waals surface area contributed by atoms with Gasteiger partial charge in [-0.1, -0.05) is 0 Å². The minimum atomic E-state index is -0.861. The highest BCUT2D eigenvalue weighted by Gasteiger charge is 2.31. The molecule has 1 rings (SSSR count). The van der Waals surface area contributed by atoms with E-state index in [-0.39, 0.29) is 12.5 Å². The van der Waals surface area contributed by atoms with Crippen molar-refractivity contribution in [3.05, 3.63) is 0 Å². The van der Waals surface area contributed by atoms with E-state index in [1.54, 1.807) is 0 Å². The molecule has 1 heterocycles. The van der Waals surface area contributed by atoms with Crippen LogP contribution in [0.4, 0.5) is 0 Å². The molecule has 0 saturated carbocycles. The second-order valence-electron chi connectivity index (χ2n) is 4.59. The first-order valence-electron chi connectivity index (χ1n) is 5.64. The summed E-state index contributed by atoms with van der Waals surface area (Å²) < 4.78 is 0. The first-order valence-corrected chi connectivity index (χ1v) is 5.64. The van der Waals surface area contributed by atoms with Crippen LogP contribution in [-0.2, 0) is 4.79 Å². The van der Waals surface area contributed by atoms with E-state index in [9.17, 15) is 4.79 Å². The molecule has 1 saturated heterocycles. The molecule has 0 aromatic rings. The molecule has 15 heavy (non-hydrogen) atoms. The second-order valence-corrected chi connectivity index (χ2v) is 4.59. The van der Waals surface area contributed by atoms with Gasteiger partial charge < -0.3 is 15.1 Å². The number of aliphatic hydroxyl groups excluding tert-OH is 1. The number of carbonyl (C=O) groups is 1. The van der Waals surface area contributed by atoms with Crippen molar-refractivity contribution in [1.82, 2.24) is 4.90 Å². The number of piperidine rings is 1. The lowest BCUT2D eigenvalue weighted by Gasteiger charge is -2.36. The van der Waals surface area contributed by atoms with Crippen molar-refractivity contribution < 1.29 is 15.0 Å². The van der Waals surface area contributed by atoms with Gasteiger partial charge in [-0.25, -0.2) is 0 Å². The lowest BCUT2D eigenvalue weighted by Crippen LogP contribution is -2.42. The Morgan fingerprint density at radius 1 is 1.40 bits per heavy atom. The van der Waals surface area contributed by atoms with Crippen molar-refractivity contribution in [2.45, 2.75) is 32.7 Å². The molecule has 88 valence electrons. The lowest BCUT2D eigenvalue weighted by molar-refractivity contribution is -0.146. The zero-order valence-corrected chi connectivity index (χ0v) is 9.52. The fourth-order valence-corrected chi connectivity index (χ4v) is 2.27.